The predicted molar refractivity (Wildman–Crippen MR) is 62.1 cm³/mol. The van der Waals surface area contributed by atoms with Gasteiger partial charge in [-0.05, 0) is 31.2 Å². The molecule has 1 heterocycles. The second-order valence-corrected chi connectivity index (χ2v) is 4.59. The average Bonchev–Trinajstić information content (AvgIpc) is 2.80. The average molecular weight is 262 g/mol. The zero-order chi connectivity index (χ0) is 12.4. The Labute approximate surface area is 104 Å². The maximum atomic E-state index is 13.3. The molecule has 0 saturated carbocycles. The van der Waals surface area contributed by atoms with Gasteiger partial charge in [-0.3, -0.25) is 0 Å². The number of rotatable bonds is 3. The lowest BCUT2D eigenvalue weighted by Gasteiger charge is -2.23. The first-order chi connectivity index (χ1) is 8.13. The summed E-state index contributed by atoms with van der Waals surface area (Å²) in [5.41, 5.74) is 0.587. The minimum atomic E-state index is -0.920. The van der Waals surface area contributed by atoms with Gasteiger partial charge in [0.05, 0.1) is 6.61 Å². The Morgan fingerprint density at radius 2 is 2.12 bits per heavy atom. The third kappa shape index (κ3) is 2.59. The summed E-state index contributed by atoms with van der Waals surface area (Å²) in [5.74, 6) is -1.55. The van der Waals surface area contributed by atoms with Gasteiger partial charge in [0.1, 0.15) is 0 Å². The van der Waals surface area contributed by atoms with Crippen molar-refractivity contribution in [3.05, 3.63) is 34.4 Å². The third-order valence-corrected chi connectivity index (χ3v) is 3.45. The predicted octanol–water partition coefficient (Wildman–Crippen LogP) is 2.92. The van der Waals surface area contributed by atoms with Gasteiger partial charge in [0.2, 0.25) is 0 Å². The monoisotopic (exact) mass is 261 g/mol. The van der Waals surface area contributed by atoms with Gasteiger partial charge in [-0.2, -0.15) is 0 Å². The normalized spacial score (nSPS) is 21.8. The summed E-state index contributed by atoms with van der Waals surface area (Å²) in [6.07, 6.45) is 0.890. The summed E-state index contributed by atoms with van der Waals surface area (Å²) in [6, 6.07) is 2.07. The maximum absolute atomic E-state index is 13.3. The van der Waals surface area contributed by atoms with Gasteiger partial charge in [0, 0.05) is 23.6 Å². The first-order valence-corrected chi connectivity index (χ1v) is 5.90. The fourth-order valence-electron chi connectivity index (χ4n) is 2.24. The van der Waals surface area contributed by atoms with Crippen molar-refractivity contribution in [2.45, 2.75) is 12.5 Å². The van der Waals surface area contributed by atoms with Crippen LogP contribution in [0, 0.1) is 17.6 Å². The molecular weight excluding hydrogens is 248 g/mol. The summed E-state index contributed by atoms with van der Waals surface area (Å²) in [7, 11) is 1.78. The van der Waals surface area contributed by atoms with Gasteiger partial charge >= 0.3 is 0 Å². The third-order valence-electron chi connectivity index (χ3n) is 3.12. The molecule has 2 nitrogen and oxygen atoms in total. The van der Waals surface area contributed by atoms with E-state index in [2.05, 4.69) is 5.32 Å². The van der Waals surface area contributed by atoms with E-state index in [-0.39, 0.29) is 17.0 Å². The van der Waals surface area contributed by atoms with Crippen molar-refractivity contribution < 1.29 is 13.5 Å². The van der Waals surface area contributed by atoms with Crippen LogP contribution in [-0.4, -0.2) is 20.3 Å². The smallest absolute Gasteiger partial charge is 0.160 e. The molecule has 1 N–H and O–H groups in total. The number of halogens is 3. The van der Waals surface area contributed by atoms with E-state index in [0.717, 1.165) is 18.6 Å². The van der Waals surface area contributed by atoms with Crippen molar-refractivity contribution in [3.63, 3.8) is 0 Å². The molecule has 1 fully saturated rings. The molecule has 1 aromatic carbocycles. The first kappa shape index (κ1) is 12.7. The fraction of sp³-hybridized carbons (Fsp3) is 0.500. The Balaban J connectivity index is 2.32. The number of benzene rings is 1. The number of ether oxygens (including phenoxy) is 1. The summed E-state index contributed by atoms with van der Waals surface area (Å²) in [4.78, 5) is 0. The molecular formula is C12H14ClF2NO. The largest absolute Gasteiger partial charge is 0.381 e. The maximum Gasteiger partial charge on any atom is 0.160 e. The van der Waals surface area contributed by atoms with Crippen molar-refractivity contribution in [3.8, 4) is 0 Å². The molecule has 2 rings (SSSR count). The molecule has 17 heavy (non-hydrogen) atoms. The molecule has 0 spiro atoms. The highest BCUT2D eigenvalue weighted by Crippen LogP contribution is 2.33. The standard InChI is InChI=1S/C12H14ClF2NO/c1-16-12(7-2-3-17-6-7)8-4-10(14)11(15)5-9(8)13/h4-5,7,12,16H,2-3,6H2,1H3. The van der Waals surface area contributed by atoms with E-state index in [0.29, 0.717) is 18.8 Å². The van der Waals surface area contributed by atoms with E-state index in [1.54, 1.807) is 7.05 Å². The highest BCUT2D eigenvalue weighted by molar-refractivity contribution is 6.31. The van der Waals surface area contributed by atoms with E-state index in [1.165, 1.54) is 0 Å². The number of hydrogen-bond acceptors (Lipinski definition) is 2. The summed E-state index contributed by atoms with van der Waals surface area (Å²) in [6.45, 7) is 1.31. The van der Waals surface area contributed by atoms with Crippen LogP contribution in [-0.2, 0) is 4.74 Å². The van der Waals surface area contributed by atoms with Crippen LogP contribution in [0.25, 0.3) is 0 Å². The Bertz CT molecular complexity index is 408. The SMILES string of the molecule is CNC(c1cc(F)c(F)cc1Cl)C1CCOC1. The minimum absolute atomic E-state index is 0.111. The van der Waals surface area contributed by atoms with Crippen molar-refractivity contribution in [2.24, 2.45) is 5.92 Å². The molecule has 0 aromatic heterocycles. The Morgan fingerprint density at radius 3 is 2.71 bits per heavy atom. The second kappa shape index (κ2) is 5.29. The Kier molecular flexibility index (Phi) is 3.97. The Hall–Kier alpha value is -0.710. The fourth-order valence-corrected chi connectivity index (χ4v) is 2.50. The molecule has 2 unspecified atom stereocenters. The van der Waals surface area contributed by atoms with E-state index in [4.69, 9.17) is 16.3 Å². The van der Waals surface area contributed by atoms with Gasteiger partial charge < -0.3 is 10.1 Å². The zero-order valence-corrected chi connectivity index (χ0v) is 10.2. The lowest BCUT2D eigenvalue weighted by atomic mass is 9.92. The van der Waals surface area contributed by atoms with E-state index < -0.39 is 11.6 Å². The van der Waals surface area contributed by atoms with Crippen molar-refractivity contribution >= 4 is 11.6 Å². The van der Waals surface area contributed by atoms with Gasteiger partial charge in [-0.1, -0.05) is 11.6 Å². The van der Waals surface area contributed by atoms with E-state index in [9.17, 15) is 8.78 Å². The second-order valence-electron chi connectivity index (χ2n) is 4.18. The van der Waals surface area contributed by atoms with Crippen LogP contribution in [0.2, 0.25) is 5.02 Å². The lowest BCUT2D eigenvalue weighted by Crippen LogP contribution is -2.26. The van der Waals surface area contributed by atoms with Crippen molar-refractivity contribution in [1.82, 2.24) is 5.32 Å². The number of hydrogen-bond donors (Lipinski definition) is 1. The molecule has 0 radical (unpaired) electrons. The van der Waals surface area contributed by atoms with Gasteiger partial charge in [0.25, 0.3) is 0 Å². The summed E-state index contributed by atoms with van der Waals surface area (Å²) >= 11 is 5.97. The van der Waals surface area contributed by atoms with Crippen LogP contribution in [0.3, 0.4) is 0 Å². The lowest BCUT2D eigenvalue weighted by molar-refractivity contribution is 0.177. The van der Waals surface area contributed by atoms with Crippen LogP contribution in [0.4, 0.5) is 8.78 Å². The van der Waals surface area contributed by atoms with Crippen LogP contribution in [0.5, 0.6) is 0 Å². The molecule has 0 amide bonds. The van der Waals surface area contributed by atoms with Crippen molar-refractivity contribution in [2.75, 3.05) is 20.3 Å². The molecule has 5 heteroatoms. The first-order valence-electron chi connectivity index (χ1n) is 5.53. The van der Waals surface area contributed by atoms with Gasteiger partial charge in [-0.25, -0.2) is 8.78 Å². The molecule has 2 atom stereocenters. The molecule has 1 saturated heterocycles. The van der Waals surface area contributed by atoms with Gasteiger partial charge in [-0.15, -0.1) is 0 Å². The molecule has 0 aliphatic carbocycles. The van der Waals surface area contributed by atoms with Crippen LogP contribution >= 0.6 is 11.6 Å². The number of nitrogens with one attached hydrogen (secondary N) is 1. The van der Waals surface area contributed by atoms with E-state index >= 15 is 0 Å². The van der Waals surface area contributed by atoms with Crippen molar-refractivity contribution in [1.29, 1.82) is 0 Å². The molecule has 94 valence electrons. The quantitative estimate of drug-likeness (QED) is 0.845. The van der Waals surface area contributed by atoms with E-state index in [1.807, 2.05) is 0 Å². The van der Waals surface area contributed by atoms with Crippen LogP contribution < -0.4 is 5.32 Å². The molecule has 1 aromatic rings. The van der Waals surface area contributed by atoms with Crippen LogP contribution in [0.15, 0.2) is 12.1 Å². The summed E-state index contributed by atoms with van der Waals surface area (Å²) < 4.78 is 31.6. The molecule has 1 aliphatic rings. The summed E-state index contributed by atoms with van der Waals surface area (Å²) in [5, 5.41) is 3.34. The Morgan fingerprint density at radius 1 is 1.41 bits per heavy atom. The molecule has 1 aliphatic heterocycles. The zero-order valence-electron chi connectivity index (χ0n) is 9.47. The highest BCUT2D eigenvalue weighted by Gasteiger charge is 2.28. The highest BCUT2D eigenvalue weighted by atomic mass is 35.5. The molecule has 0 bridgehead atoms. The van der Waals surface area contributed by atoms with Gasteiger partial charge in [0.15, 0.2) is 11.6 Å². The van der Waals surface area contributed by atoms with Crippen LogP contribution in [0.1, 0.15) is 18.0 Å². The minimum Gasteiger partial charge on any atom is -0.381 e. The topological polar surface area (TPSA) is 21.3 Å².